The second kappa shape index (κ2) is 6.75. The average molecular weight is 270 g/mol. The van der Waals surface area contributed by atoms with Gasteiger partial charge in [-0.25, -0.2) is 4.79 Å². The van der Waals surface area contributed by atoms with Gasteiger partial charge in [-0.05, 0) is 19.1 Å². The van der Waals surface area contributed by atoms with Gasteiger partial charge in [-0.1, -0.05) is 0 Å². The van der Waals surface area contributed by atoms with E-state index in [2.05, 4.69) is 15.4 Å². The van der Waals surface area contributed by atoms with Gasteiger partial charge >= 0.3 is 5.97 Å². The quantitative estimate of drug-likeness (QED) is 0.759. The Morgan fingerprint density at radius 2 is 1.89 bits per heavy atom. The fraction of sp³-hybridized carbons (Fsp3) is 0.364. The minimum Gasteiger partial charge on any atom is -0.465 e. The number of carbonyl (C=O) groups excluding carboxylic acids is 3. The summed E-state index contributed by atoms with van der Waals surface area (Å²) in [5.41, 5.74) is 0. The van der Waals surface area contributed by atoms with Gasteiger partial charge in [0.2, 0.25) is 5.91 Å². The molecule has 0 fully saturated rings. The minimum absolute atomic E-state index is 0.0852. The first-order chi connectivity index (χ1) is 8.58. The number of esters is 1. The predicted octanol–water partition coefficient (Wildman–Crippen LogP) is 0.401. The number of thiophene rings is 1. The molecule has 1 aromatic heterocycles. The molecule has 1 heterocycles. The lowest BCUT2D eigenvalue weighted by molar-refractivity contribution is -0.120. The van der Waals surface area contributed by atoms with Crippen LogP contribution in [0.5, 0.6) is 0 Å². The maximum Gasteiger partial charge on any atom is 0.348 e. The van der Waals surface area contributed by atoms with E-state index in [1.807, 2.05) is 0 Å². The number of hydrogen-bond donors (Lipinski definition) is 2. The van der Waals surface area contributed by atoms with E-state index in [4.69, 9.17) is 0 Å². The molecule has 1 rings (SSSR count). The summed E-state index contributed by atoms with van der Waals surface area (Å²) < 4.78 is 4.54. The zero-order valence-corrected chi connectivity index (χ0v) is 10.9. The van der Waals surface area contributed by atoms with E-state index in [0.717, 1.165) is 11.3 Å². The molecule has 0 aromatic carbocycles. The van der Waals surface area contributed by atoms with Gasteiger partial charge < -0.3 is 15.4 Å². The third kappa shape index (κ3) is 3.85. The third-order valence-electron chi connectivity index (χ3n) is 2.00. The molecule has 1 aromatic rings. The number of hydrogen-bond acceptors (Lipinski definition) is 5. The van der Waals surface area contributed by atoms with Crippen molar-refractivity contribution in [2.24, 2.45) is 0 Å². The molecule has 0 saturated heterocycles. The highest BCUT2D eigenvalue weighted by molar-refractivity contribution is 7.15. The van der Waals surface area contributed by atoms with Crippen LogP contribution in [0.4, 0.5) is 0 Å². The van der Waals surface area contributed by atoms with Crippen LogP contribution in [0.15, 0.2) is 12.1 Å². The van der Waals surface area contributed by atoms with Gasteiger partial charge in [0.25, 0.3) is 5.91 Å². The Morgan fingerprint density at radius 3 is 2.50 bits per heavy atom. The van der Waals surface area contributed by atoms with E-state index in [-0.39, 0.29) is 18.4 Å². The largest absolute Gasteiger partial charge is 0.465 e. The van der Waals surface area contributed by atoms with E-state index in [0.29, 0.717) is 16.3 Å². The van der Waals surface area contributed by atoms with Gasteiger partial charge in [-0.15, -0.1) is 11.3 Å². The molecular formula is C11H14N2O4S. The van der Waals surface area contributed by atoms with Crippen LogP contribution in [-0.4, -0.2) is 38.0 Å². The van der Waals surface area contributed by atoms with E-state index in [9.17, 15) is 14.4 Å². The molecular weight excluding hydrogens is 256 g/mol. The first kappa shape index (κ1) is 14.2. The van der Waals surface area contributed by atoms with Crippen LogP contribution >= 0.6 is 11.3 Å². The molecule has 0 bridgehead atoms. The van der Waals surface area contributed by atoms with Gasteiger partial charge in [-0.3, -0.25) is 9.59 Å². The molecule has 2 amide bonds. The fourth-order valence-electron chi connectivity index (χ4n) is 1.18. The van der Waals surface area contributed by atoms with Gasteiger partial charge in [0.1, 0.15) is 4.88 Å². The van der Waals surface area contributed by atoms with Crippen molar-refractivity contribution in [3.63, 3.8) is 0 Å². The molecule has 0 atom stereocenters. The third-order valence-corrected chi connectivity index (χ3v) is 3.06. The summed E-state index contributed by atoms with van der Waals surface area (Å²) in [7, 11) is 1.27. The van der Waals surface area contributed by atoms with Crippen LogP contribution in [0, 0.1) is 0 Å². The second-order valence-corrected chi connectivity index (χ2v) is 4.38. The smallest absolute Gasteiger partial charge is 0.348 e. The number of carbonyl (C=O) groups is 3. The molecule has 0 radical (unpaired) electrons. The lowest BCUT2D eigenvalue weighted by Gasteiger charge is -2.03. The standard InChI is InChI=1S/C11H14N2O4S/c1-3-12-9(14)6-13-10(15)7-4-5-8(18-7)11(16)17-2/h4-5H,3,6H2,1-2H3,(H,12,14)(H,13,15). The summed E-state index contributed by atoms with van der Waals surface area (Å²) in [4.78, 5) is 34.7. The summed E-state index contributed by atoms with van der Waals surface area (Å²) in [5.74, 6) is -1.13. The summed E-state index contributed by atoms with van der Waals surface area (Å²) in [6.07, 6.45) is 0. The van der Waals surface area contributed by atoms with Crippen LogP contribution in [0.2, 0.25) is 0 Å². The van der Waals surface area contributed by atoms with Crippen LogP contribution in [-0.2, 0) is 9.53 Å². The maximum atomic E-state index is 11.6. The lowest BCUT2D eigenvalue weighted by atomic mass is 10.4. The summed E-state index contributed by atoms with van der Waals surface area (Å²) in [5, 5.41) is 5.02. The van der Waals surface area contributed by atoms with Crippen molar-refractivity contribution in [3.8, 4) is 0 Å². The van der Waals surface area contributed by atoms with Crippen LogP contribution in [0.25, 0.3) is 0 Å². The van der Waals surface area contributed by atoms with E-state index >= 15 is 0 Å². The molecule has 7 heteroatoms. The molecule has 0 spiro atoms. The van der Waals surface area contributed by atoms with Crippen molar-refractivity contribution in [1.29, 1.82) is 0 Å². The molecule has 0 aliphatic carbocycles. The Balaban J connectivity index is 2.54. The second-order valence-electron chi connectivity index (χ2n) is 3.29. The zero-order chi connectivity index (χ0) is 13.5. The number of methoxy groups -OCH3 is 1. The topological polar surface area (TPSA) is 84.5 Å². The predicted molar refractivity (Wildman–Crippen MR) is 66.7 cm³/mol. The number of nitrogens with one attached hydrogen (secondary N) is 2. The normalized spacial score (nSPS) is 9.67. The first-order valence-electron chi connectivity index (χ1n) is 5.31. The molecule has 0 aliphatic heterocycles. The van der Waals surface area contributed by atoms with E-state index < -0.39 is 5.97 Å². The number of rotatable bonds is 5. The number of ether oxygens (including phenoxy) is 1. The fourth-order valence-corrected chi connectivity index (χ4v) is 2.02. The van der Waals surface area contributed by atoms with Crippen molar-refractivity contribution < 1.29 is 19.1 Å². The number of amides is 2. The van der Waals surface area contributed by atoms with Gasteiger partial charge in [-0.2, -0.15) is 0 Å². The molecule has 18 heavy (non-hydrogen) atoms. The Bertz CT molecular complexity index is 456. The first-order valence-corrected chi connectivity index (χ1v) is 6.13. The summed E-state index contributed by atoms with van der Waals surface area (Å²) >= 11 is 1.02. The minimum atomic E-state index is -0.484. The van der Waals surface area contributed by atoms with Gasteiger partial charge in [0.05, 0.1) is 18.5 Å². The van der Waals surface area contributed by atoms with E-state index in [1.54, 1.807) is 6.92 Å². The highest BCUT2D eigenvalue weighted by Crippen LogP contribution is 2.16. The van der Waals surface area contributed by atoms with Gasteiger partial charge in [0, 0.05) is 6.54 Å². The molecule has 98 valence electrons. The van der Waals surface area contributed by atoms with Crippen LogP contribution in [0.1, 0.15) is 26.3 Å². The van der Waals surface area contributed by atoms with Crippen LogP contribution in [0.3, 0.4) is 0 Å². The zero-order valence-electron chi connectivity index (χ0n) is 10.1. The molecule has 0 aliphatic rings. The van der Waals surface area contributed by atoms with Crippen LogP contribution < -0.4 is 10.6 Å². The van der Waals surface area contributed by atoms with Crippen molar-refractivity contribution in [1.82, 2.24) is 10.6 Å². The Morgan fingerprint density at radius 1 is 1.22 bits per heavy atom. The van der Waals surface area contributed by atoms with Crippen molar-refractivity contribution >= 4 is 29.1 Å². The molecule has 2 N–H and O–H groups in total. The average Bonchev–Trinajstić information content (AvgIpc) is 2.85. The lowest BCUT2D eigenvalue weighted by Crippen LogP contribution is -2.36. The SMILES string of the molecule is CCNC(=O)CNC(=O)c1ccc(C(=O)OC)s1. The summed E-state index contributed by atoms with van der Waals surface area (Å²) in [6, 6.07) is 3.03. The highest BCUT2D eigenvalue weighted by atomic mass is 32.1. The Hall–Kier alpha value is -1.89. The van der Waals surface area contributed by atoms with Crippen molar-refractivity contribution in [2.75, 3.05) is 20.2 Å². The Kier molecular flexibility index (Phi) is 5.31. The van der Waals surface area contributed by atoms with Crippen molar-refractivity contribution in [2.45, 2.75) is 6.92 Å². The van der Waals surface area contributed by atoms with Crippen molar-refractivity contribution in [3.05, 3.63) is 21.9 Å². The molecule has 0 unspecified atom stereocenters. The monoisotopic (exact) mass is 270 g/mol. The highest BCUT2D eigenvalue weighted by Gasteiger charge is 2.14. The van der Waals surface area contributed by atoms with E-state index in [1.165, 1.54) is 19.2 Å². The molecule has 0 saturated carbocycles. The summed E-state index contributed by atoms with van der Waals surface area (Å²) in [6.45, 7) is 2.22. The number of likely N-dealkylation sites (N-methyl/N-ethyl adjacent to an activating group) is 1. The molecule has 6 nitrogen and oxygen atoms in total. The Labute approximate surface area is 108 Å². The maximum absolute atomic E-state index is 11.6. The van der Waals surface area contributed by atoms with Gasteiger partial charge in [0.15, 0.2) is 0 Å².